The van der Waals surface area contributed by atoms with Crippen LogP contribution in [-0.4, -0.2) is 9.55 Å². The lowest BCUT2D eigenvalue weighted by molar-refractivity contribution is -0.660. The summed E-state index contributed by atoms with van der Waals surface area (Å²) in [6.45, 7) is 3.29. The zero-order valence-electron chi connectivity index (χ0n) is 20.7. The molecule has 0 saturated carbocycles. The van der Waals surface area contributed by atoms with Crippen molar-refractivity contribution in [2.45, 2.75) is 39.9 Å². The zero-order valence-corrected chi connectivity index (χ0v) is 16.7. The van der Waals surface area contributed by atoms with E-state index in [1.807, 2.05) is 35.9 Å². The van der Waals surface area contributed by atoms with Gasteiger partial charge in [-0.25, -0.2) is 9.55 Å². The third-order valence-electron chi connectivity index (χ3n) is 5.77. The average molecular weight is 373 g/mol. The molecule has 3 heterocycles. The van der Waals surface area contributed by atoms with Gasteiger partial charge in [0.1, 0.15) is 12.9 Å². The molecule has 0 spiro atoms. The Morgan fingerprint density at radius 1 is 1.18 bits per heavy atom. The summed E-state index contributed by atoms with van der Waals surface area (Å²) in [6.07, 6.45) is 2.39. The Labute approximate surface area is 171 Å². The van der Waals surface area contributed by atoms with Gasteiger partial charge in [0.15, 0.2) is 6.20 Å². The highest BCUT2D eigenvalue weighted by Crippen LogP contribution is 2.39. The van der Waals surface area contributed by atoms with E-state index in [4.69, 9.17) is 10.5 Å². The van der Waals surface area contributed by atoms with Crippen molar-refractivity contribution in [2.24, 2.45) is 7.05 Å². The van der Waals surface area contributed by atoms with Crippen LogP contribution in [0.2, 0.25) is 0 Å². The van der Waals surface area contributed by atoms with Gasteiger partial charge in [0, 0.05) is 23.5 Å². The first-order chi connectivity index (χ1) is 15.0. The lowest BCUT2D eigenvalue weighted by Crippen LogP contribution is -2.32. The maximum atomic E-state index is 8.63. The second-order valence-electron chi connectivity index (χ2n) is 7.88. The van der Waals surface area contributed by atoms with Gasteiger partial charge in [0.25, 0.3) is 0 Å². The van der Waals surface area contributed by atoms with Crippen LogP contribution >= 0.6 is 0 Å². The molecule has 4 aromatic rings. The Morgan fingerprint density at radius 2 is 2.00 bits per heavy atom. The minimum Gasteiger partial charge on any atom is -0.296 e. The number of hydrogen-bond acceptors (Lipinski definition) is 1. The molecule has 0 unspecified atom stereocenters. The lowest BCUT2D eigenvalue weighted by Gasteiger charge is -2.15. The van der Waals surface area contributed by atoms with Gasteiger partial charge in [-0.2, -0.15) is 0 Å². The first kappa shape index (κ1) is 13.3. The molecule has 0 fully saturated rings. The summed E-state index contributed by atoms with van der Waals surface area (Å²) in [5.41, 5.74) is 8.25. The van der Waals surface area contributed by atoms with Crippen LogP contribution in [0.5, 0.6) is 0 Å². The Bertz CT molecular complexity index is 1390. The first-order valence-corrected chi connectivity index (χ1v) is 9.61. The second-order valence-corrected chi connectivity index (χ2v) is 7.88. The minimum absolute atomic E-state index is 0.230. The fourth-order valence-electron chi connectivity index (χ4n) is 4.43. The van der Waals surface area contributed by atoms with Crippen molar-refractivity contribution in [1.82, 2.24) is 9.55 Å². The first-order valence-electron chi connectivity index (χ1n) is 11.6. The van der Waals surface area contributed by atoms with E-state index in [1.165, 1.54) is 5.56 Å². The molecule has 28 heavy (non-hydrogen) atoms. The van der Waals surface area contributed by atoms with Gasteiger partial charge >= 0.3 is 0 Å². The van der Waals surface area contributed by atoms with Crippen molar-refractivity contribution in [3.05, 3.63) is 76.7 Å². The van der Waals surface area contributed by atoms with Crippen molar-refractivity contribution in [3.8, 4) is 16.9 Å². The Kier molecular flexibility index (Phi) is 2.86. The number of para-hydroxylation sites is 2. The third-order valence-corrected chi connectivity index (χ3v) is 5.77. The van der Waals surface area contributed by atoms with Crippen molar-refractivity contribution < 1.29 is 10.1 Å². The molecule has 0 amide bonds. The smallest absolute Gasteiger partial charge is 0.213 e. The van der Waals surface area contributed by atoms with E-state index in [1.54, 1.807) is 20.0 Å². The molecule has 0 radical (unpaired) electrons. The minimum atomic E-state index is -2.28. The van der Waals surface area contributed by atoms with Gasteiger partial charge in [-0.05, 0) is 54.6 Å². The van der Waals surface area contributed by atoms with Crippen molar-refractivity contribution in [1.29, 1.82) is 0 Å². The number of aryl methyl sites for hydroxylation is 3. The number of aromatic nitrogens is 3. The monoisotopic (exact) mass is 372 g/mol. The molecule has 3 heteroatoms. The molecule has 1 aliphatic rings. The fraction of sp³-hybridized carbons (Fsp3) is 0.280. The van der Waals surface area contributed by atoms with E-state index in [9.17, 15) is 0 Å². The Balaban J connectivity index is 1.78. The van der Waals surface area contributed by atoms with E-state index < -0.39 is 12.7 Å². The summed E-state index contributed by atoms with van der Waals surface area (Å²) in [5, 5.41) is 0. The van der Waals surface area contributed by atoms with Crippen LogP contribution < -0.4 is 4.57 Å². The van der Waals surface area contributed by atoms with Crippen LogP contribution in [-0.2, 0) is 13.5 Å². The van der Waals surface area contributed by atoms with Crippen LogP contribution in [0, 0.1) is 13.8 Å². The SMILES string of the molecule is [2H]C([2H])([2H])c1c[n+](C)c(-c2c(C)ccc3c2Cc2nc4ccccc4n2-3)cc1C([2H])(C)C. The predicted molar refractivity (Wildman–Crippen MR) is 114 cm³/mol. The number of pyridine rings is 1. The summed E-state index contributed by atoms with van der Waals surface area (Å²) < 4.78 is 36.7. The molecule has 5 rings (SSSR count). The zero-order chi connectivity index (χ0) is 23.0. The fourth-order valence-corrected chi connectivity index (χ4v) is 4.43. The molecule has 2 aromatic heterocycles. The summed E-state index contributed by atoms with van der Waals surface area (Å²) in [5.74, 6) is -0.0300. The average Bonchev–Trinajstić information content (AvgIpc) is 3.22. The summed E-state index contributed by atoms with van der Waals surface area (Å²) >= 11 is 0. The molecule has 0 N–H and O–H groups in total. The molecule has 2 aromatic carbocycles. The van der Waals surface area contributed by atoms with E-state index in [0.29, 0.717) is 12.0 Å². The Morgan fingerprint density at radius 3 is 2.79 bits per heavy atom. The maximum absolute atomic E-state index is 8.63. The molecule has 140 valence electrons. The highest BCUT2D eigenvalue weighted by atomic mass is 15.1. The molecular formula is C25H26N3+. The second kappa shape index (κ2) is 6.03. The highest BCUT2D eigenvalue weighted by molar-refractivity contribution is 5.83. The van der Waals surface area contributed by atoms with Gasteiger partial charge in [0.2, 0.25) is 5.69 Å². The number of benzene rings is 2. The summed E-state index contributed by atoms with van der Waals surface area (Å²) in [7, 11) is 1.88. The molecule has 3 nitrogen and oxygen atoms in total. The van der Waals surface area contributed by atoms with Crippen molar-refractivity contribution in [3.63, 3.8) is 0 Å². The number of hydrogen-bond donors (Lipinski definition) is 0. The van der Waals surface area contributed by atoms with Gasteiger partial charge in [0.05, 0.1) is 22.3 Å². The lowest BCUT2D eigenvalue weighted by atomic mass is 9.92. The topological polar surface area (TPSA) is 21.7 Å². The van der Waals surface area contributed by atoms with E-state index in [0.717, 1.165) is 39.4 Å². The predicted octanol–water partition coefficient (Wildman–Crippen LogP) is 5.16. The van der Waals surface area contributed by atoms with Crippen LogP contribution in [0.15, 0.2) is 48.7 Å². The number of rotatable bonds is 2. The van der Waals surface area contributed by atoms with Crippen LogP contribution in [0.3, 0.4) is 0 Å². The van der Waals surface area contributed by atoms with Gasteiger partial charge in [-0.15, -0.1) is 0 Å². The summed E-state index contributed by atoms with van der Waals surface area (Å²) in [6, 6.07) is 14.3. The normalized spacial score (nSPS) is 15.6. The van der Waals surface area contributed by atoms with Crippen LogP contribution in [0.1, 0.15) is 53.3 Å². The molecule has 0 aliphatic carbocycles. The number of fused-ring (bicyclic) bond motifs is 5. The van der Waals surface area contributed by atoms with E-state index in [-0.39, 0.29) is 5.56 Å². The molecule has 0 saturated heterocycles. The van der Waals surface area contributed by atoms with Gasteiger partial charge in [-0.3, -0.25) is 4.57 Å². The Hall–Kier alpha value is -2.94. The molecule has 0 bridgehead atoms. The number of imidazole rings is 1. The number of nitrogens with zero attached hydrogens (tertiary/aromatic N) is 3. The quantitative estimate of drug-likeness (QED) is 0.392. The van der Waals surface area contributed by atoms with Crippen LogP contribution in [0.25, 0.3) is 28.0 Å². The maximum Gasteiger partial charge on any atom is 0.213 e. The van der Waals surface area contributed by atoms with Gasteiger partial charge < -0.3 is 0 Å². The van der Waals surface area contributed by atoms with E-state index >= 15 is 0 Å². The third kappa shape index (κ3) is 2.35. The highest BCUT2D eigenvalue weighted by Gasteiger charge is 2.29. The van der Waals surface area contributed by atoms with Crippen LogP contribution in [0.4, 0.5) is 0 Å². The van der Waals surface area contributed by atoms with Crippen molar-refractivity contribution in [2.75, 3.05) is 0 Å². The molecule has 1 aliphatic heterocycles. The van der Waals surface area contributed by atoms with E-state index in [2.05, 4.69) is 29.7 Å². The molecular weight excluding hydrogens is 342 g/mol. The van der Waals surface area contributed by atoms with Gasteiger partial charge in [-0.1, -0.05) is 32.0 Å². The summed E-state index contributed by atoms with van der Waals surface area (Å²) in [4.78, 5) is 4.85. The standard InChI is InChI=1S/C25H26N3/c1-15(2)18-12-23(27(5)14-17(18)4)25-16(3)10-11-21-19(25)13-24-26-20-8-6-7-9-22(20)28(21)24/h6-12,14-15H,13H2,1-5H3/q+1/i4D3,15D. The largest absolute Gasteiger partial charge is 0.296 e. The van der Waals surface area contributed by atoms with Crippen molar-refractivity contribution >= 4 is 11.0 Å². The molecule has 0 atom stereocenters.